The third kappa shape index (κ3) is 7.03. The second-order valence-electron chi connectivity index (χ2n) is 9.81. The first-order valence-corrected chi connectivity index (χ1v) is 12.8. The molecule has 0 spiro atoms. The molecule has 1 saturated carbocycles. The smallest absolute Gasteiger partial charge is 0.484 e. The maximum Gasteiger partial charge on any atom is 0.573 e. The summed E-state index contributed by atoms with van der Waals surface area (Å²) in [6, 6.07) is 10.9. The Labute approximate surface area is 218 Å². The summed E-state index contributed by atoms with van der Waals surface area (Å²) >= 11 is 0. The lowest BCUT2D eigenvalue weighted by Crippen LogP contribution is -2.43. The molecule has 2 aliphatic rings. The van der Waals surface area contributed by atoms with Crippen molar-refractivity contribution in [2.24, 2.45) is 5.92 Å². The number of amides is 1. The first kappa shape index (κ1) is 26.0. The predicted molar refractivity (Wildman–Crippen MR) is 137 cm³/mol. The van der Waals surface area contributed by atoms with Crippen molar-refractivity contribution in [2.75, 3.05) is 36.5 Å². The van der Waals surface area contributed by atoms with E-state index in [2.05, 4.69) is 20.3 Å². The molecule has 1 saturated heterocycles. The Morgan fingerprint density at radius 3 is 2.42 bits per heavy atom. The minimum absolute atomic E-state index is 0.243. The fraction of sp³-hybridized carbons (Fsp3) is 0.444. The van der Waals surface area contributed by atoms with Crippen LogP contribution in [0.25, 0.3) is 10.9 Å². The highest BCUT2D eigenvalue weighted by molar-refractivity contribution is 5.95. The van der Waals surface area contributed by atoms with Crippen molar-refractivity contribution >= 4 is 28.4 Å². The average Bonchev–Trinajstić information content (AvgIpc) is 3.71. The minimum Gasteiger partial charge on any atom is -0.484 e. The summed E-state index contributed by atoms with van der Waals surface area (Å²) in [5, 5.41) is 7.30. The van der Waals surface area contributed by atoms with Gasteiger partial charge in [0.05, 0.1) is 11.2 Å². The summed E-state index contributed by atoms with van der Waals surface area (Å²) in [4.78, 5) is 24.1. The summed E-state index contributed by atoms with van der Waals surface area (Å²) in [6.45, 7) is 4.59. The predicted octanol–water partition coefficient (Wildman–Crippen LogP) is 4.82. The molecule has 0 atom stereocenters. The van der Waals surface area contributed by atoms with Gasteiger partial charge in [0.2, 0.25) is 5.95 Å². The van der Waals surface area contributed by atoms with Gasteiger partial charge in [-0.05, 0) is 87.5 Å². The number of fused-ring (bicyclic) bond motifs is 1. The monoisotopic (exact) mass is 529 g/mol. The molecule has 1 aliphatic carbocycles. The fourth-order valence-electron chi connectivity index (χ4n) is 4.51. The largest absolute Gasteiger partial charge is 0.573 e. The second-order valence-corrected chi connectivity index (χ2v) is 9.81. The van der Waals surface area contributed by atoms with Gasteiger partial charge in [-0.15, -0.1) is 13.2 Å². The van der Waals surface area contributed by atoms with Gasteiger partial charge in [0, 0.05) is 30.2 Å². The highest BCUT2D eigenvalue weighted by atomic mass is 19.4. The van der Waals surface area contributed by atoms with Crippen LogP contribution >= 0.6 is 0 Å². The molecule has 2 fully saturated rings. The van der Waals surface area contributed by atoms with E-state index < -0.39 is 12.3 Å². The highest BCUT2D eigenvalue weighted by Crippen LogP contribution is 2.29. The lowest BCUT2D eigenvalue weighted by Gasteiger charge is -2.32. The highest BCUT2D eigenvalue weighted by Gasteiger charge is 2.31. The Morgan fingerprint density at radius 1 is 1.03 bits per heavy atom. The van der Waals surface area contributed by atoms with E-state index in [-0.39, 0.29) is 18.1 Å². The number of hydrogen-bond acceptors (Lipinski definition) is 7. The van der Waals surface area contributed by atoms with E-state index in [1.54, 1.807) is 6.07 Å². The molecule has 202 valence electrons. The molecule has 11 heteroatoms. The topological polar surface area (TPSA) is 88.6 Å². The van der Waals surface area contributed by atoms with Gasteiger partial charge < -0.3 is 25.0 Å². The number of nitrogens with zero attached hydrogens (tertiary/aromatic N) is 3. The normalized spacial score (nSPS) is 16.5. The Kier molecular flexibility index (Phi) is 7.55. The molecular formula is C27H30F3N5O3. The second kappa shape index (κ2) is 11.0. The zero-order valence-corrected chi connectivity index (χ0v) is 21.1. The van der Waals surface area contributed by atoms with E-state index >= 15 is 0 Å². The van der Waals surface area contributed by atoms with Crippen LogP contribution in [0.4, 0.5) is 24.8 Å². The molecule has 2 heterocycles. The van der Waals surface area contributed by atoms with Crippen LogP contribution in [-0.2, 0) is 4.79 Å². The van der Waals surface area contributed by atoms with Crippen LogP contribution in [0.2, 0.25) is 0 Å². The fourth-order valence-corrected chi connectivity index (χ4v) is 4.51. The molecule has 8 nitrogen and oxygen atoms in total. The quantitative estimate of drug-likeness (QED) is 0.411. The van der Waals surface area contributed by atoms with Gasteiger partial charge in [0.25, 0.3) is 5.91 Å². The number of aryl methyl sites for hydroxylation is 1. The third-order valence-corrected chi connectivity index (χ3v) is 6.76. The molecule has 2 aromatic carbocycles. The van der Waals surface area contributed by atoms with E-state index in [0.29, 0.717) is 11.7 Å². The molecule has 1 amide bonds. The van der Waals surface area contributed by atoms with Crippen LogP contribution in [0.1, 0.15) is 31.4 Å². The minimum atomic E-state index is -4.77. The summed E-state index contributed by atoms with van der Waals surface area (Å²) in [5.74, 6) is 1.08. The number of rotatable bonds is 9. The number of hydrogen-bond donors (Lipinski definition) is 2. The Bertz CT molecular complexity index is 1270. The van der Waals surface area contributed by atoms with E-state index in [1.165, 1.54) is 25.0 Å². The number of benzene rings is 2. The Hall–Kier alpha value is -3.60. The van der Waals surface area contributed by atoms with Gasteiger partial charge >= 0.3 is 6.36 Å². The van der Waals surface area contributed by atoms with Crippen LogP contribution < -0.4 is 25.0 Å². The number of carbonyl (C=O) groups is 1. The standard InChI is InChI=1S/C27H30F3N5O3/c1-17-23-14-20(33-25(36)16-37-21-5-7-22(8-6-21)38-27(28,29)30)4-9-24(23)34-26(32-17)35-12-10-19(11-13-35)31-15-18-2-3-18/h4-9,14,18-19,31H,2-3,10-13,15-16H2,1H3,(H,33,36). The number of ether oxygens (including phenoxy) is 2. The van der Waals surface area contributed by atoms with Gasteiger partial charge in [-0.3, -0.25) is 4.79 Å². The number of halogens is 3. The Morgan fingerprint density at radius 2 is 1.74 bits per heavy atom. The van der Waals surface area contributed by atoms with Crippen LogP contribution in [0.5, 0.6) is 11.5 Å². The molecular weight excluding hydrogens is 499 g/mol. The third-order valence-electron chi connectivity index (χ3n) is 6.76. The zero-order valence-electron chi connectivity index (χ0n) is 21.1. The van der Waals surface area contributed by atoms with Crippen LogP contribution in [0.3, 0.4) is 0 Å². The molecule has 1 aliphatic heterocycles. The van der Waals surface area contributed by atoms with Crippen LogP contribution in [0, 0.1) is 12.8 Å². The first-order valence-electron chi connectivity index (χ1n) is 12.8. The summed E-state index contributed by atoms with van der Waals surface area (Å²) in [7, 11) is 0. The van der Waals surface area contributed by atoms with Gasteiger partial charge in [-0.2, -0.15) is 0 Å². The van der Waals surface area contributed by atoms with E-state index in [4.69, 9.17) is 14.7 Å². The van der Waals surface area contributed by atoms with Crippen molar-refractivity contribution in [3.63, 3.8) is 0 Å². The van der Waals surface area contributed by atoms with E-state index in [0.717, 1.165) is 73.1 Å². The summed E-state index contributed by atoms with van der Waals surface area (Å²) in [5.41, 5.74) is 2.20. The number of aromatic nitrogens is 2. The molecule has 38 heavy (non-hydrogen) atoms. The molecule has 0 bridgehead atoms. The van der Waals surface area contributed by atoms with Crippen molar-refractivity contribution < 1.29 is 27.4 Å². The number of nitrogens with one attached hydrogen (secondary N) is 2. The molecule has 0 unspecified atom stereocenters. The van der Waals surface area contributed by atoms with E-state index in [9.17, 15) is 18.0 Å². The van der Waals surface area contributed by atoms with Gasteiger partial charge in [-0.1, -0.05) is 0 Å². The lowest BCUT2D eigenvalue weighted by atomic mass is 10.1. The first-order chi connectivity index (χ1) is 18.2. The molecule has 2 N–H and O–H groups in total. The van der Waals surface area contributed by atoms with Crippen molar-refractivity contribution in [2.45, 2.75) is 45.0 Å². The Balaban J connectivity index is 1.15. The zero-order chi connectivity index (χ0) is 26.7. The number of carbonyl (C=O) groups excluding carboxylic acids is 1. The number of anilines is 2. The molecule has 3 aromatic rings. The molecule has 0 radical (unpaired) electrons. The van der Waals surface area contributed by atoms with Gasteiger partial charge in [0.1, 0.15) is 11.5 Å². The summed E-state index contributed by atoms with van der Waals surface area (Å²) in [6.07, 6.45) is 0.0988. The van der Waals surface area contributed by atoms with Crippen molar-refractivity contribution in [3.05, 3.63) is 48.2 Å². The maximum atomic E-state index is 12.4. The van der Waals surface area contributed by atoms with Crippen LogP contribution in [0.15, 0.2) is 42.5 Å². The van der Waals surface area contributed by atoms with E-state index in [1.807, 2.05) is 19.1 Å². The molecule has 5 rings (SSSR count). The SMILES string of the molecule is Cc1nc(N2CCC(NCC3CC3)CC2)nc2ccc(NC(=O)COc3ccc(OC(F)(F)F)cc3)cc12. The lowest BCUT2D eigenvalue weighted by molar-refractivity contribution is -0.274. The maximum absolute atomic E-state index is 12.4. The number of piperidine rings is 1. The average molecular weight is 530 g/mol. The van der Waals surface area contributed by atoms with Crippen molar-refractivity contribution in [1.29, 1.82) is 0 Å². The van der Waals surface area contributed by atoms with Gasteiger partial charge in [0.15, 0.2) is 6.61 Å². The molecule has 1 aromatic heterocycles. The van der Waals surface area contributed by atoms with Crippen molar-refractivity contribution in [3.8, 4) is 11.5 Å². The van der Waals surface area contributed by atoms with Crippen molar-refractivity contribution in [1.82, 2.24) is 15.3 Å². The summed E-state index contributed by atoms with van der Waals surface area (Å²) < 4.78 is 46.0. The van der Waals surface area contributed by atoms with Crippen LogP contribution in [-0.4, -0.2) is 54.5 Å². The van der Waals surface area contributed by atoms with Gasteiger partial charge in [-0.25, -0.2) is 9.97 Å². The number of alkyl halides is 3.